The highest BCUT2D eigenvalue weighted by molar-refractivity contribution is 9.10. The Morgan fingerprint density at radius 1 is 0.923 bits per heavy atom. The lowest BCUT2D eigenvalue weighted by Crippen LogP contribution is -2.31. The summed E-state index contributed by atoms with van der Waals surface area (Å²) in [6.07, 6.45) is 0.654. The molecule has 146 valence electrons. The molecule has 1 aromatic rings. The smallest absolute Gasteiger partial charge is 0.153 e. The highest BCUT2D eigenvalue weighted by Crippen LogP contribution is 2.27. The zero-order chi connectivity index (χ0) is 18.6. The molecule has 2 rings (SSSR count). The monoisotopic (exact) mass is 431 g/mol. The van der Waals surface area contributed by atoms with Gasteiger partial charge < -0.3 is 24.1 Å². The van der Waals surface area contributed by atoms with Gasteiger partial charge in [0.1, 0.15) is 5.75 Å². The van der Waals surface area contributed by atoms with E-state index in [4.69, 9.17) is 18.9 Å². The molecular formula is C18H26BrNO6. The molecule has 0 aromatic heterocycles. The van der Waals surface area contributed by atoms with Crippen LogP contribution in [0, 0.1) is 0 Å². The van der Waals surface area contributed by atoms with Crippen LogP contribution in [0.5, 0.6) is 5.75 Å². The maximum Gasteiger partial charge on any atom is 0.153 e. The fourth-order valence-corrected chi connectivity index (χ4v) is 3.07. The number of carbonyl (C=O) groups excluding carboxylic acids is 1. The first-order valence-corrected chi connectivity index (χ1v) is 9.50. The van der Waals surface area contributed by atoms with Gasteiger partial charge in [0.05, 0.1) is 58.4 Å². The van der Waals surface area contributed by atoms with E-state index in [0.717, 1.165) is 4.47 Å². The molecule has 26 heavy (non-hydrogen) atoms. The van der Waals surface area contributed by atoms with Gasteiger partial charge in [-0.3, -0.25) is 9.69 Å². The molecule has 1 aliphatic heterocycles. The molecule has 1 aliphatic rings. The zero-order valence-corrected chi connectivity index (χ0v) is 16.4. The van der Waals surface area contributed by atoms with Crippen molar-refractivity contribution in [3.63, 3.8) is 0 Å². The molecular weight excluding hydrogens is 406 g/mol. The largest absolute Gasteiger partial charge is 0.507 e. The number of halogens is 1. The van der Waals surface area contributed by atoms with Gasteiger partial charge in [-0.1, -0.05) is 15.9 Å². The second-order valence-corrected chi connectivity index (χ2v) is 6.76. The van der Waals surface area contributed by atoms with Gasteiger partial charge in [-0.15, -0.1) is 0 Å². The predicted molar refractivity (Wildman–Crippen MR) is 99.7 cm³/mol. The molecule has 7 nitrogen and oxygen atoms in total. The van der Waals surface area contributed by atoms with Crippen molar-refractivity contribution >= 4 is 22.2 Å². The predicted octanol–water partition coefficient (Wildman–Crippen LogP) is 1.85. The molecule has 0 radical (unpaired) electrons. The van der Waals surface area contributed by atoms with Gasteiger partial charge in [-0.05, 0) is 12.1 Å². The normalized spacial score (nSPS) is 19.4. The molecule has 0 unspecified atom stereocenters. The standard InChI is InChI=1S/C18H26BrNO6/c19-17-11-15(18(22)16(12-17)14-21)13-20-1-3-23-5-7-25-9-10-26-8-6-24-4-2-20/h11-12,14,22H,1-10,13H2. The lowest BCUT2D eigenvalue weighted by molar-refractivity contribution is 0.00206. The van der Waals surface area contributed by atoms with Gasteiger partial charge in [-0.2, -0.15) is 0 Å². The van der Waals surface area contributed by atoms with Crippen LogP contribution in [0.4, 0.5) is 0 Å². The molecule has 8 heteroatoms. The van der Waals surface area contributed by atoms with Crippen molar-refractivity contribution in [2.75, 3.05) is 65.9 Å². The van der Waals surface area contributed by atoms with E-state index in [9.17, 15) is 9.90 Å². The number of hydrogen-bond donors (Lipinski definition) is 1. The van der Waals surface area contributed by atoms with E-state index >= 15 is 0 Å². The van der Waals surface area contributed by atoms with Crippen molar-refractivity contribution in [2.45, 2.75) is 6.54 Å². The molecule has 0 spiro atoms. The highest BCUT2D eigenvalue weighted by atomic mass is 79.9. The van der Waals surface area contributed by atoms with E-state index in [-0.39, 0.29) is 11.3 Å². The summed E-state index contributed by atoms with van der Waals surface area (Å²) in [5.41, 5.74) is 0.959. The van der Waals surface area contributed by atoms with Crippen LogP contribution in [0.25, 0.3) is 0 Å². The molecule has 1 aromatic carbocycles. The van der Waals surface area contributed by atoms with Crippen LogP contribution in [-0.4, -0.2) is 82.2 Å². The minimum atomic E-state index is 0.0164. The van der Waals surface area contributed by atoms with E-state index in [1.165, 1.54) is 0 Å². The summed E-state index contributed by atoms with van der Waals surface area (Å²) in [7, 11) is 0. The Hall–Kier alpha value is -1.03. The molecule has 1 heterocycles. The summed E-state index contributed by atoms with van der Waals surface area (Å²) in [6, 6.07) is 3.42. The second kappa shape index (κ2) is 12.4. The van der Waals surface area contributed by atoms with Crippen molar-refractivity contribution in [1.82, 2.24) is 4.90 Å². The van der Waals surface area contributed by atoms with Crippen LogP contribution in [0.15, 0.2) is 16.6 Å². The number of rotatable bonds is 3. The first kappa shape index (κ1) is 21.3. The van der Waals surface area contributed by atoms with Gasteiger partial charge in [0.25, 0.3) is 0 Å². The van der Waals surface area contributed by atoms with Gasteiger partial charge in [0.15, 0.2) is 6.29 Å². The van der Waals surface area contributed by atoms with Crippen molar-refractivity contribution < 1.29 is 28.8 Å². The van der Waals surface area contributed by atoms with Crippen molar-refractivity contribution in [3.05, 3.63) is 27.7 Å². The Bertz CT molecular complexity index is 541. The van der Waals surface area contributed by atoms with Gasteiger partial charge in [-0.25, -0.2) is 0 Å². The third-order valence-corrected chi connectivity index (χ3v) is 4.38. The van der Waals surface area contributed by atoms with E-state index in [0.29, 0.717) is 84.3 Å². The van der Waals surface area contributed by atoms with Crippen molar-refractivity contribution in [2.24, 2.45) is 0 Å². The average Bonchev–Trinajstić information content (AvgIpc) is 2.64. The van der Waals surface area contributed by atoms with Crippen molar-refractivity contribution in [3.8, 4) is 5.75 Å². The SMILES string of the molecule is O=Cc1cc(Br)cc(CN2CCOCCOCCOCCOCC2)c1O. The lowest BCUT2D eigenvalue weighted by atomic mass is 10.1. The van der Waals surface area contributed by atoms with Crippen LogP contribution >= 0.6 is 15.9 Å². The van der Waals surface area contributed by atoms with Crippen LogP contribution in [-0.2, 0) is 25.5 Å². The summed E-state index contributed by atoms with van der Waals surface area (Å²) in [5.74, 6) is 0.0164. The van der Waals surface area contributed by atoms with Crippen LogP contribution < -0.4 is 0 Å². The summed E-state index contributed by atoms with van der Waals surface area (Å²) in [4.78, 5) is 13.2. The van der Waals surface area contributed by atoms with Gasteiger partial charge in [0.2, 0.25) is 0 Å². The molecule has 1 saturated heterocycles. The Morgan fingerprint density at radius 2 is 1.42 bits per heavy atom. The number of benzene rings is 1. The quantitative estimate of drug-likeness (QED) is 0.731. The molecule has 1 N–H and O–H groups in total. The molecule has 0 amide bonds. The minimum Gasteiger partial charge on any atom is -0.507 e. The Balaban J connectivity index is 1.96. The molecule has 1 fully saturated rings. The maximum absolute atomic E-state index is 11.1. The molecule has 0 aliphatic carbocycles. The topological polar surface area (TPSA) is 77.5 Å². The van der Waals surface area contributed by atoms with E-state index in [1.54, 1.807) is 6.07 Å². The number of carbonyl (C=O) groups is 1. The maximum atomic E-state index is 11.1. The van der Waals surface area contributed by atoms with Crippen LogP contribution in [0.3, 0.4) is 0 Å². The number of nitrogens with zero attached hydrogens (tertiary/aromatic N) is 1. The number of ether oxygens (including phenoxy) is 4. The van der Waals surface area contributed by atoms with E-state index in [1.807, 2.05) is 6.07 Å². The summed E-state index contributed by atoms with van der Waals surface area (Å²) in [6.45, 7) is 6.20. The zero-order valence-electron chi connectivity index (χ0n) is 14.8. The minimum absolute atomic E-state index is 0.0164. The van der Waals surface area contributed by atoms with Crippen LogP contribution in [0.2, 0.25) is 0 Å². The van der Waals surface area contributed by atoms with Crippen LogP contribution in [0.1, 0.15) is 15.9 Å². The average molecular weight is 432 g/mol. The number of phenolic OH excluding ortho intramolecular Hbond substituents is 1. The van der Waals surface area contributed by atoms with E-state index in [2.05, 4.69) is 20.8 Å². The van der Waals surface area contributed by atoms with Gasteiger partial charge >= 0.3 is 0 Å². The number of phenols is 1. The number of aldehydes is 1. The fraction of sp³-hybridized carbons (Fsp3) is 0.611. The Labute approximate surface area is 162 Å². The molecule has 0 atom stereocenters. The van der Waals surface area contributed by atoms with Gasteiger partial charge in [0, 0.05) is 29.7 Å². The summed E-state index contributed by atoms with van der Waals surface area (Å²) < 4.78 is 22.8. The summed E-state index contributed by atoms with van der Waals surface area (Å²) in [5, 5.41) is 10.3. The molecule has 0 saturated carbocycles. The molecule has 0 bridgehead atoms. The summed E-state index contributed by atoms with van der Waals surface area (Å²) >= 11 is 3.38. The third kappa shape index (κ3) is 7.69. The first-order valence-electron chi connectivity index (χ1n) is 8.70. The lowest BCUT2D eigenvalue weighted by Gasteiger charge is -2.23. The van der Waals surface area contributed by atoms with Crippen molar-refractivity contribution in [1.29, 1.82) is 0 Å². The van der Waals surface area contributed by atoms with E-state index < -0.39 is 0 Å². The highest BCUT2D eigenvalue weighted by Gasteiger charge is 2.13. The number of hydrogen-bond acceptors (Lipinski definition) is 7. The first-order chi connectivity index (χ1) is 12.7. The Morgan fingerprint density at radius 3 is 1.92 bits per heavy atom. The third-order valence-electron chi connectivity index (χ3n) is 3.92. The number of aromatic hydroxyl groups is 1. The second-order valence-electron chi connectivity index (χ2n) is 5.85. The Kier molecular flexibility index (Phi) is 10.1. The fourth-order valence-electron chi connectivity index (χ4n) is 2.55.